The Morgan fingerprint density at radius 2 is 0.434 bits per heavy atom. The van der Waals surface area contributed by atoms with E-state index in [1.807, 2.05) is 0 Å². The van der Waals surface area contributed by atoms with Crippen molar-refractivity contribution in [2.75, 3.05) is 0 Å². The third-order valence-corrected chi connectivity index (χ3v) is 10.5. The Kier molecular flexibility index (Phi) is 49.9. The molecule has 10 aromatic rings. The fraction of sp³-hybridized carbons (Fsp3) is 0. The van der Waals surface area contributed by atoms with Crippen LogP contribution < -0.4 is 0 Å². The second-order valence-corrected chi connectivity index (χ2v) is 17.2. The van der Waals surface area contributed by atoms with Crippen molar-refractivity contribution >= 4 is 62.0 Å². The molecule has 76 heavy (non-hydrogen) atoms. The topological polar surface area (TPSA) is 662 Å². The summed E-state index contributed by atoms with van der Waals surface area (Å²) in [5.74, 6) is 0. The van der Waals surface area contributed by atoms with Crippen LogP contribution in [0.5, 0.6) is 0 Å². The molecule has 0 saturated heterocycles. The summed E-state index contributed by atoms with van der Waals surface area (Å²) in [6, 6.07) is 13.8. The molecule has 428 valence electrons. The number of H-pyrrole nitrogens is 6. The molecule has 0 amide bonds. The molecule has 0 spiro atoms. The van der Waals surface area contributed by atoms with E-state index >= 15 is 0 Å². The van der Waals surface area contributed by atoms with Gasteiger partial charge in [0, 0.05) is 74.4 Å². The zero-order valence-corrected chi connectivity index (χ0v) is 43.9. The van der Waals surface area contributed by atoms with Crippen molar-refractivity contribution < 1.29 is 129 Å². The van der Waals surface area contributed by atoms with Gasteiger partial charge in [-0.25, -0.2) is 63.6 Å². The molecule has 0 radical (unpaired) electrons. The van der Waals surface area contributed by atoms with Gasteiger partial charge in [0.1, 0.15) is 40.5 Å². The summed E-state index contributed by atoms with van der Waals surface area (Å²) in [5.41, 5.74) is 0. The summed E-state index contributed by atoms with van der Waals surface area (Å²) in [7, 11) is -18.3. The molecule has 6 heterocycles. The van der Waals surface area contributed by atoms with E-state index in [1.54, 1.807) is 112 Å². The Labute approximate surface area is 452 Å². The molecule has 0 saturated carbocycles. The van der Waals surface area contributed by atoms with Crippen LogP contribution in [-0.4, -0.2) is 123 Å². The molecule has 4 aromatic carbocycles. The van der Waals surface area contributed by atoms with Crippen molar-refractivity contribution in [2.24, 2.45) is 0 Å². The van der Waals surface area contributed by atoms with Crippen LogP contribution in [0, 0.1) is 0 Å². The number of fused-ring (bicyclic) bond motifs is 2. The summed E-state index contributed by atoms with van der Waals surface area (Å²) in [4.78, 5) is 36.9. The van der Waals surface area contributed by atoms with Crippen LogP contribution in [0.2, 0.25) is 0 Å². The predicted molar refractivity (Wildman–Crippen MR) is 268 cm³/mol. The van der Waals surface area contributed by atoms with E-state index in [2.05, 4.69) is 59.8 Å². The molecule has 0 aliphatic rings. The summed E-state index contributed by atoms with van der Waals surface area (Å²) < 4.78 is 130. The average Bonchev–Trinajstić information content (AvgIpc) is 4.15. The monoisotopic (exact) mass is 1250 g/mol. The maximum absolute atomic E-state index is 10.8. The molecule has 0 aliphatic carbocycles. The first kappa shape index (κ1) is 85.7. The van der Waals surface area contributed by atoms with Gasteiger partial charge in [-0.3, -0.25) is 0 Å². The predicted octanol–water partition coefficient (Wildman–Crippen LogP) is -3.43. The van der Waals surface area contributed by atoms with Crippen molar-refractivity contribution in [2.45, 2.75) is 19.6 Å². The van der Waals surface area contributed by atoms with Gasteiger partial charge in [-0.2, -0.15) is 0 Å². The zero-order chi connectivity index (χ0) is 48.3. The summed E-state index contributed by atoms with van der Waals surface area (Å²) >= 11 is 0. The zero-order valence-electron chi connectivity index (χ0n) is 38.6. The van der Waals surface area contributed by atoms with Gasteiger partial charge in [-0.1, -0.05) is 24.3 Å². The number of benzene rings is 4. The number of aromatic nitrogens is 12. The molecule has 0 aliphatic heterocycles. The fourth-order valence-electron chi connectivity index (χ4n) is 4.32. The molecular formula is C38H58N12Ni2O20S4+6. The first-order valence-electron chi connectivity index (χ1n) is 17.8. The summed E-state index contributed by atoms with van der Waals surface area (Å²) in [6.07, 6.45) is 30.5. The fourth-order valence-corrected chi connectivity index (χ4v) is 6.34. The molecule has 10 rings (SSSR count). The molecule has 38 heteroatoms. The van der Waals surface area contributed by atoms with Crippen molar-refractivity contribution in [1.29, 1.82) is 0 Å². The molecule has 6 aromatic heterocycles. The quantitative estimate of drug-likeness (QED) is 0.0567. The Balaban J connectivity index is -0.000000122. The Morgan fingerprint density at radius 1 is 0.289 bits per heavy atom. The Hall–Kier alpha value is -7.03. The first-order valence-corrected chi connectivity index (χ1v) is 23.5. The van der Waals surface area contributed by atoms with Gasteiger partial charge in [0.25, 0.3) is 0 Å². The molecule has 32 nitrogen and oxygen atoms in total. The van der Waals surface area contributed by atoms with Gasteiger partial charge in [0.15, 0.2) is 0 Å². The van der Waals surface area contributed by atoms with Crippen LogP contribution in [0.4, 0.5) is 0 Å². The number of aromatic amines is 6. The number of hydrogen-bond acceptors (Lipinski definition) is 18. The maximum atomic E-state index is 10.8. The van der Waals surface area contributed by atoms with Crippen molar-refractivity contribution in [3.8, 4) is 0 Å². The largest absolute Gasteiger partial charge is 2.00 e. The number of nitrogens with one attached hydrogen (secondary N) is 6. The van der Waals surface area contributed by atoms with Crippen LogP contribution >= 0.6 is 0 Å². The van der Waals surface area contributed by atoms with Crippen LogP contribution in [-0.2, 0) is 106 Å². The molecule has 0 atom stereocenters. The van der Waals surface area contributed by atoms with Crippen LogP contribution in [0.1, 0.15) is 0 Å². The van der Waals surface area contributed by atoms with Crippen molar-refractivity contribution in [1.82, 2.24) is 59.8 Å². The minimum absolute atomic E-state index is 0. The Bertz CT molecular complexity index is 2690. The third kappa shape index (κ3) is 35.2. The van der Waals surface area contributed by atoms with Crippen molar-refractivity contribution in [3.63, 3.8) is 0 Å². The van der Waals surface area contributed by atoms with Gasteiger partial charge in [-0.15, -0.1) is 0 Å². The number of imidazole rings is 6. The Morgan fingerprint density at radius 3 is 0.513 bits per heavy atom. The van der Waals surface area contributed by atoms with Gasteiger partial charge < -0.3 is 91.9 Å². The first-order chi connectivity index (χ1) is 31.4. The third-order valence-electron chi connectivity index (χ3n) is 7.16. The molecule has 28 N–H and O–H groups in total. The van der Waals surface area contributed by atoms with Gasteiger partial charge in [-0.05, 0) is 70.1 Å². The second-order valence-electron chi connectivity index (χ2n) is 11.7. The summed E-state index contributed by atoms with van der Waals surface area (Å²) in [6.45, 7) is 0. The molecule has 0 unspecified atom stereocenters. The number of hydrogen-bond donors (Lipinski definition) is 6. The van der Waals surface area contributed by atoms with E-state index < -0.39 is 60.1 Å². The molecule has 0 bridgehead atoms. The standard InChI is InChI=1S/2C10H8O6S2.6C3H4N2.2Ni.8H2O/c2*11-17(12,13)9-3-1-7-5-10(18(14,15)16)4-2-8(7)6-9;6*1-2-5-3-4-1;;;;;;;;;;/h2*1-6H,(H,11,12,13)(H,14,15,16);6*1-3H,(H,4,5);;;8*1H2/q;;;;;;;;2*+2;;;;;;;;/p+2. The van der Waals surface area contributed by atoms with E-state index in [-0.39, 0.29) is 76.8 Å². The van der Waals surface area contributed by atoms with Crippen LogP contribution in [0.25, 0.3) is 21.5 Å². The van der Waals surface area contributed by atoms with Gasteiger partial charge in [0.2, 0.25) is 0 Å². The van der Waals surface area contributed by atoms with E-state index in [0.717, 1.165) is 48.5 Å². The van der Waals surface area contributed by atoms with Crippen LogP contribution in [0.3, 0.4) is 0 Å². The minimum atomic E-state index is -4.56. The van der Waals surface area contributed by atoms with Crippen LogP contribution in [0.15, 0.2) is 205 Å². The smallest absolute Gasteiger partial charge is 0.744 e. The van der Waals surface area contributed by atoms with Crippen molar-refractivity contribution in [3.05, 3.63) is 185 Å². The van der Waals surface area contributed by atoms with E-state index in [0.29, 0.717) is 21.5 Å². The maximum Gasteiger partial charge on any atom is 2.00 e. The van der Waals surface area contributed by atoms with E-state index in [1.165, 1.54) is 24.3 Å². The number of rotatable bonds is 4. The average molecular weight is 1250 g/mol. The normalized spacial score (nSPS) is 9.21. The number of nitrogens with zero attached hydrogens (tertiary/aromatic N) is 6. The SMILES string of the molecule is O.O.O=S(=O)([O-])c1ccc2cc(S(=O)(=O)[O-])ccc2c1.O=S(=O)([O-])c1ccc2cc(S(=O)(=O)[O-])ccc2c1.[Ni+2].[Ni+2].[OH3+].[OH3+].[OH3+].[OH3+].[OH3+].[OH3+].c1c[nH]cn1.c1c[nH]cn1.c1c[nH]cn1.c1c[nH]cn1.c1c[nH]cn1.c1c[nH]cn1. The molecule has 0 fully saturated rings. The second kappa shape index (κ2) is 44.3. The van der Waals surface area contributed by atoms with E-state index in [9.17, 15) is 51.9 Å². The van der Waals surface area contributed by atoms with Gasteiger partial charge in [0.05, 0.1) is 57.5 Å². The van der Waals surface area contributed by atoms with Gasteiger partial charge >= 0.3 is 33.0 Å². The summed E-state index contributed by atoms with van der Waals surface area (Å²) in [5, 5.41) is 1.44. The molecular weight excluding hydrogens is 1190 g/mol. The van der Waals surface area contributed by atoms with E-state index in [4.69, 9.17) is 0 Å². The minimum Gasteiger partial charge on any atom is -0.744 e.